The molecule has 64 heavy (non-hydrogen) atoms. The van der Waals surface area contributed by atoms with E-state index in [-0.39, 0.29) is 24.5 Å². The fourth-order valence-corrected chi connectivity index (χ4v) is 5.83. The number of aromatic amines is 1. The van der Waals surface area contributed by atoms with Crippen LogP contribution in [0.2, 0.25) is 0 Å². The SMILES string of the molecule is CC(C)[C@H](N)C(=O)N[C@@H](C)C(=O)N[C@H](C(=O)N[C@@H](Cc1cnc[nH]1)C(=O)N[C@H](C(=O)N[C@@H](C)C(=O)N[C@@H](CO)C(=O)NCC(=O)N[C@@H](Cc1ccc(O)cc1)C(=O)O)C(C)C)C(C)C. The van der Waals surface area contributed by atoms with Gasteiger partial charge in [0.25, 0.3) is 0 Å². The lowest BCUT2D eigenvalue weighted by Gasteiger charge is -2.29. The number of aliphatic carboxylic acids is 1. The predicted molar refractivity (Wildman–Crippen MR) is 229 cm³/mol. The Kier molecular flexibility index (Phi) is 21.3. The van der Waals surface area contributed by atoms with Crippen molar-refractivity contribution in [2.24, 2.45) is 23.5 Å². The minimum Gasteiger partial charge on any atom is -0.508 e. The highest BCUT2D eigenvalue weighted by molar-refractivity contribution is 5.97. The third-order valence-corrected chi connectivity index (χ3v) is 9.88. The first-order valence-electron chi connectivity index (χ1n) is 20.7. The van der Waals surface area contributed by atoms with Crippen LogP contribution < -0.4 is 48.3 Å². The molecule has 8 amide bonds. The maximum absolute atomic E-state index is 13.9. The van der Waals surface area contributed by atoms with Crippen molar-refractivity contribution in [3.63, 3.8) is 0 Å². The minimum atomic E-state index is -1.59. The largest absolute Gasteiger partial charge is 0.508 e. The third kappa shape index (κ3) is 17.3. The zero-order valence-electron chi connectivity index (χ0n) is 37.2. The van der Waals surface area contributed by atoms with E-state index in [1.807, 2.05) is 0 Å². The van der Waals surface area contributed by atoms with Crippen LogP contribution >= 0.6 is 0 Å². The Morgan fingerprint density at radius 1 is 0.609 bits per heavy atom. The lowest BCUT2D eigenvalue weighted by molar-refractivity contribution is -0.141. The van der Waals surface area contributed by atoms with E-state index < -0.39 is 127 Å². The molecule has 23 nitrogen and oxygen atoms in total. The van der Waals surface area contributed by atoms with E-state index in [9.17, 15) is 58.5 Å². The average Bonchev–Trinajstić information content (AvgIpc) is 3.75. The Hall–Kier alpha value is -6.62. The lowest BCUT2D eigenvalue weighted by Crippen LogP contribution is -2.61. The molecule has 0 unspecified atom stereocenters. The van der Waals surface area contributed by atoms with Crippen LogP contribution in [0, 0.1) is 17.8 Å². The van der Waals surface area contributed by atoms with Crippen molar-refractivity contribution in [3.8, 4) is 5.75 Å². The molecule has 8 atom stereocenters. The van der Waals surface area contributed by atoms with E-state index in [4.69, 9.17) is 5.73 Å². The fraction of sp³-hybridized carbons (Fsp3) is 0.561. The molecule has 0 aliphatic carbocycles. The van der Waals surface area contributed by atoms with Crippen molar-refractivity contribution in [1.82, 2.24) is 52.5 Å². The van der Waals surface area contributed by atoms with E-state index >= 15 is 0 Å². The first-order valence-corrected chi connectivity index (χ1v) is 20.7. The molecule has 0 radical (unpaired) electrons. The topological polar surface area (TPSA) is 365 Å². The van der Waals surface area contributed by atoms with Gasteiger partial charge >= 0.3 is 5.97 Å². The number of phenolic OH excluding ortho intramolecular Hbond substituents is 1. The number of aliphatic hydroxyl groups is 1. The Morgan fingerprint density at radius 2 is 1.12 bits per heavy atom. The third-order valence-electron chi connectivity index (χ3n) is 9.88. The number of nitrogens with one attached hydrogen (secondary N) is 9. The Balaban J connectivity index is 2.08. The van der Waals surface area contributed by atoms with Crippen LogP contribution in [-0.2, 0) is 56.0 Å². The van der Waals surface area contributed by atoms with Gasteiger partial charge in [-0.15, -0.1) is 0 Å². The summed E-state index contributed by atoms with van der Waals surface area (Å²) in [5.74, 6) is -9.05. The first-order chi connectivity index (χ1) is 29.9. The van der Waals surface area contributed by atoms with Crippen LogP contribution in [0.1, 0.15) is 66.6 Å². The number of H-pyrrole nitrogens is 1. The molecule has 23 heteroatoms. The molecule has 1 aromatic carbocycles. The second-order valence-corrected chi connectivity index (χ2v) is 16.3. The fourth-order valence-electron chi connectivity index (χ4n) is 5.83. The molecule has 1 aromatic heterocycles. The molecule has 2 rings (SSSR count). The Labute approximate surface area is 370 Å². The average molecular weight is 902 g/mol. The Morgan fingerprint density at radius 3 is 1.62 bits per heavy atom. The van der Waals surface area contributed by atoms with Crippen LogP contribution in [0.15, 0.2) is 36.8 Å². The number of rotatable bonds is 25. The summed E-state index contributed by atoms with van der Waals surface area (Å²) in [5.41, 5.74) is 6.84. The summed E-state index contributed by atoms with van der Waals surface area (Å²) in [5, 5.41) is 48.4. The van der Waals surface area contributed by atoms with Crippen LogP contribution in [0.3, 0.4) is 0 Å². The van der Waals surface area contributed by atoms with Crippen molar-refractivity contribution in [3.05, 3.63) is 48.0 Å². The molecule has 0 aliphatic rings. The summed E-state index contributed by atoms with van der Waals surface area (Å²) in [6.45, 7) is 11.1. The van der Waals surface area contributed by atoms with Gasteiger partial charge in [0, 0.05) is 24.7 Å². The number of amides is 8. The van der Waals surface area contributed by atoms with Gasteiger partial charge in [-0.25, -0.2) is 9.78 Å². The number of aromatic nitrogens is 2. The number of carboxylic acids is 1. The van der Waals surface area contributed by atoms with Crippen LogP contribution in [0.5, 0.6) is 5.75 Å². The molecule has 14 N–H and O–H groups in total. The van der Waals surface area contributed by atoms with Crippen molar-refractivity contribution >= 4 is 53.2 Å². The van der Waals surface area contributed by atoms with E-state index in [2.05, 4.69) is 52.5 Å². The number of nitrogens with two attached hydrogens (primary N) is 1. The monoisotopic (exact) mass is 901 g/mol. The van der Waals surface area contributed by atoms with E-state index in [1.54, 1.807) is 41.5 Å². The van der Waals surface area contributed by atoms with Crippen molar-refractivity contribution in [1.29, 1.82) is 0 Å². The van der Waals surface area contributed by atoms with Gasteiger partial charge in [-0.3, -0.25) is 38.4 Å². The van der Waals surface area contributed by atoms with E-state index in [1.165, 1.54) is 50.6 Å². The second-order valence-electron chi connectivity index (χ2n) is 16.3. The summed E-state index contributed by atoms with van der Waals surface area (Å²) in [7, 11) is 0. The number of carboxylic acid groups (broad SMARTS) is 1. The maximum Gasteiger partial charge on any atom is 0.326 e. The second kappa shape index (κ2) is 25.5. The molecule has 354 valence electrons. The number of nitrogens with zero attached hydrogens (tertiary/aromatic N) is 1. The molecule has 0 saturated heterocycles. The number of carbonyl (C=O) groups is 9. The summed E-state index contributed by atoms with van der Waals surface area (Å²) < 4.78 is 0. The zero-order chi connectivity index (χ0) is 48.4. The standard InChI is InChI=1S/C41H63N11O12/c1-19(2)31(42)38(60)46-23(8)35(57)51-33(21(5)6)40(62)49-27(14-25-15-43-18-45-25)37(59)52-32(20(3)4)39(61)47-22(7)34(56)50-29(17-53)36(58)44-16-30(55)48-28(41(63)64)13-24-9-11-26(54)12-10-24/h9-12,15,18-23,27-29,31-33,53-54H,13-14,16-17,42H2,1-8H3,(H,43,45)(H,44,58)(H,46,60)(H,47,61)(H,48,55)(H,49,62)(H,50,56)(H,51,57)(H,52,59)(H,63,64)/t22-,23-,27-,28-,29-,31-,32-,33-/m0/s1. The highest BCUT2D eigenvalue weighted by Gasteiger charge is 2.35. The number of hydrogen-bond donors (Lipinski definition) is 13. The van der Waals surface area contributed by atoms with E-state index in [0.29, 0.717) is 11.3 Å². The lowest BCUT2D eigenvalue weighted by atomic mass is 10.00. The summed E-state index contributed by atoms with van der Waals surface area (Å²) in [6.07, 6.45) is 2.55. The summed E-state index contributed by atoms with van der Waals surface area (Å²) in [4.78, 5) is 124. The van der Waals surface area contributed by atoms with Gasteiger partial charge in [0.15, 0.2) is 0 Å². The summed E-state index contributed by atoms with van der Waals surface area (Å²) in [6, 6.07) is -4.32. The number of aromatic hydroxyl groups is 1. The van der Waals surface area contributed by atoms with Crippen LogP contribution in [0.4, 0.5) is 0 Å². The molecule has 0 bridgehead atoms. The van der Waals surface area contributed by atoms with Gasteiger partial charge in [0.05, 0.1) is 25.5 Å². The molecule has 1 heterocycles. The van der Waals surface area contributed by atoms with Gasteiger partial charge < -0.3 is 68.6 Å². The smallest absolute Gasteiger partial charge is 0.326 e. The van der Waals surface area contributed by atoms with Crippen LogP contribution in [0.25, 0.3) is 0 Å². The van der Waals surface area contributed by atoms with Crippen LogP contribution in [-0.4, -0.2) is 140 Å². The van der Waals surface area contributed by atoms with Gasteiger partial charge in [-0.2, -0.15) is 0 Å². The molecule has 2 aromatic rings. The number of imidazole rings is 1. The number of phenols is 1. The normalized spacial score (nSPS) is 15.0. The number of aliphatic hydroxyl groups excluding tert-OH is 1. The van der Waals surface area contributed by atoms with Gasteiger partial charge in [-0.1, -0.05) is 53.7 Å². The van der Waals surface area contributed by atoms with Gasteiger partial charge in [0.2, 0.25) is 47.3 Å². The minimum absolute atomic E-state index is 0.0322. The van der Waals surface area contributed by atoms with Gasteiger partial charge in [-0.05, 0) is 49.3 Å². The highest BCUT2D eigenvalue weighted by Crippen LogP contribution is 2.12. The Bertz CT molecular complexity index is 1920. The molecule has 0 fully saturated rings. The molecular weight excluding hydrogens is 839 g/mol. The highest BCUT2D eigenvalue weighted by atomic mass is 16.4. The number of carbonyl (C=O) groups excluding carboxylic acids is 8. The molecular formula is C41H63N11O12. The summed E-state index contributed by atoms with van der Waals surface area (Å²) >= 11 is 0. The quantitative estimate of drug-likeness (QED) is 0.0468. The predicted octanol–water partition coefficient (Wildman–Crippen LogP) is -3.18. The van der Waals surface area contributed by atoms with Crippen molar-refractivity contribution in [2.45, 2.75) is 117 Å². The van der Waals surface area contributed by atoms with E-state index in [0.717, 1.165) is 0 Å². The zero-order valence-corrected chi connectivity index (χ0v) is 37.2. The van der Waals surface area contributed by atoms with Gasteiger partial charge in [0.1, 0.15) is 48.0 Å². The van der Waals surface area contributed by atoms with Crippen molar-refractivity contribution in [2.75, 3.05) is 13.2 Å². The van der Waals surface area contributed by atoms with Crippen molar-refractivity contribution < 1.29 is 58.5 Å². The molecule has 0 spiro atoms. The number of hydrogen-bond acceptors (Lipinski definition) is 13. The maximum atomic E-state index is 13.9. The molecule has 0 saturated carbocycles. The molecule has 0 aliphatic heterocycles. The number of benzene rings is 1. The first kappa shape index (κ1) is 53.5.